The normalized spacial score (nSPS) is 46.1. The number of hydrogen-bond donors (Lipinski definition) is 0. The molecule has 0 bridgehead atoms. The lowest BCUT2D eigenvalue weighted by atomic mass is 9.45. The number of ether oxygens (including phenoxy) is 2. The molecule has 29 heavy (non-hydrogen) atoms. The standard InChI is InChI=1S/C24H34O5/c1-13-10-17(27)11-16-12-20(28-14(2)25)22-18-6-7-21(29-15(3)26)23(18,4)9-8-19(22)24(13,16)5/h12-13,18-22H,6-11H2,1-5H3/t13?,18-,19+,20?,21?,22-,23-,24-/m0/s1. The molecule has 0 aromatic heterocycles. The van der Waals surface area contributed by atoms with Gasteiger partial charge in [-0.1, -0.05) is 26.3 Å². The van der Waals surface area contributed by atoms with Crippen LogP contribution in [0.5, 0.6) is 0 Å². The Bertz CT molecular complexity index is 769. The van der Waals surface area contributed by atoms with Crippen LogP contribution < -0.4 is 0 Å². The first-order valence-electron chi connectivity index (χ1n) is 11.1. The second-order valence-corrected chi connectivity index (χ2v) is 10.4. The summed E-state index contributed by atoms with van der Waals surface area (Å²) in [5, 5.41) is 0. The van der Waals surface area contributed by atoms with Gasteiger partial charge >= 0.3 is 11.9 Å². The first-order chi connectivity index (χ1) is 13.6. The van der Waals surface area contributed by atoms with E-state index in [1.807, 2.05) is 0 Å². The Hall–Kier alpha value is -1.65. The van der Waals surface area contributed by atoms with Gasteiger partial charge in [-0.2, -0.15) is 0 Å². The molecule has 4 aliphatic rings. The number of rotatable bonds is 2. The number of fused-ring (bicyclic) bond motifs is 5. The highest BCUT2D eigenvalue weighted by molar-refractivity contribution is 5.83. The molecule has 4 aliphatic carbocycles. The molecule has 0 radical (unpaired) electrons. The lowest BCUT2D eigenvalue weighted by molar-refractivity contribution is -0.167. The van der Waals surface area contributed by atoms with Gasteiger partial charge in [-0.3, -0.25) is 14.4 Å². The molecule has 5 nitrogen and oxygen atoms in total. The molecule has 3 unspecified atom stereocenters. The van der Waals surface area contributed by atoms with Crippen LogP contribution in [0.1, 0.15) is 73.1 Å². The summed E-state index contributed by atoms with van der Waals surface area (Å²) in [5.41, 5.74) is 1.06. The molecular formula is C24H34O5. The zero-order chi connectivity index (χ0) is 21.1. The average molecular weight is 403 g/mol. The zero-order valence-electron chi connectivity index (χ0n) is 18.3. The van der Waals surface area contributed by atoms with E-state index in [1.54, 1.807) is 0 Å². The summed E-state index contributed by atoms with van der Waals surface area (Å²) in [6.45, 7) is 9.75. The fraction of sp³-hybridized carbons (Fsp3) is 0.792. The van der Waals surface area contributed by atoms with Gasteiger partial charge in [0.05, 0.1) is 0 Å². The Morgan fingerprint density at radius 3 is 2.38 bits per heavy atom. The second-order valence-electron chi connectivity index (χ2n) is 10.4. The number of Topliss-reactive ketones (excluding diaryl/α,β-unsaturated/α-hetero) is 1. The Morgan fingerprint density at radius 1 is 1.03 bits per heavy atom. The van der Waals surface area contributed by atoms with Crippen molar-refractivity contribution < 1.29 is 23.9 Å². The molecule has 3 fully saturated rings. The predicted molar refractivity (Wildman–Crippen MR) is 108 cm³/mol. The van der Waals surface area contributed by atoms with Crippen molar-refractivity contribution >= 4 is 17.7 Å². The summed E-state index contributed by atoms with van der Waals surface area (Å²) in [7, 11) is 0. The summed E-state index contributed by atoms with van der Waals surface area (Å²) in [6, 6.07) is 0. The van der Waals surface area contributed by atoms with Crippen LogP contribution in [0.3, 0.4) is 0 Å². The molecular weight excluding hydrogens is 368 g/mol. The molecule has 3 saturated carbocycles. The Labute approximate surface area is 173 Å². The monoisotopic (exact) mass is 402 g/mol. The molecule has 0 saturated heterocycles. The van der Waals surface area contributed by atoms with E-state index in [0.29, 0.717) is 24.7 Å². The van der Waals surface area contributed by atoms with Crippen molar-refractivity contribution in [3.63, 3.8) is 0 Å². The molecule has 4 rings (SSSR count). The highest BCUT2D eigenvalue weighted by Crippen LogP contribution is 2.66. The average Bonchev–Trinajstić information content (AvgIpc) is 2.93. The van der Waals surface area contributed by atoms with Crippen LogP contribution in [0.25, 0.3) is 0 Å². The number of allylic oxidation sites excluding steroid dienone is 1. The van der Waals surface area contributed by atoms with Gasteiger partial charge in [0.15, 0.2) is 0 Å². The summed E-state index contributed by atoms with van der Waals surface area (Å²) in [6.07, 6.45) is 6.76. The van der Waals surface area contributed by atoms with Gasteiger partial charge in [0.25, 0.3) is 0 Å². The molecule has 5 heteroatoms. The number of carbonyl (C=O) groups excluding carboxylic acids is 3. The van der Waals surface area contributed by atoms with Gasteiger partial charge in [0, 0.05) is 38.0 Å². The molecule has 160 valence electrons. The van der Waals surface area contributed by atoms with Crippen LogP contribution in [0.15, 0.2) is 11.6 Å². The number of esters is 2. The van der Waals surface area contributed by atoms with E-state index in [1.165, 1.54) is 19.4 Å². The molecule has 0 heterocycles. The van der Waals surface area contributed by atoms with Crippen molar-refractivity contribution in [2.75, 3.05) is 0 Å². The highest BCUT2D eigenvalue weighted by atomic mass is 16.5. The first-order valence-corrected chi connectivity index (χ1v) is 11.1. The number of carbonyl (C=O) groups is 3. The third-order valence-corrected chi connectivity index (χ3v) is 9.01. The van der Waals surface area contributed by atoms with Crippen LogP contribution >= 0.6 is 0 Å². The van der Waals surface area contributed by atoms with Crippen molar-refractivity contribution in [2.45, 2.75) is 85.4 Å². The zero-order valence-corrected chi connectivity index (χ0v) is 18.3. The maximum atomic E-state index is 12.3. The second kappa shape index (κ2) is 6.95. The molecule has 0 aromatic rings. The lowest BCUT2D eigenvalue weighted by Gasteiger charge is -2.60. The van der Waals surface area contributed by atoms with Crippen LogP contribution in [0.4, 0.5) is 0 Å². The van der Waals surface area contributed by atoms with Crippen LogP contribution in [-0.2, 0) is 23.9 Å². The Morgan fingerprint density at radius 2 is 1.72 bits per heavy atom. The van der Waals surface area contributed by atoms with Gasteiger partial charge in [0.1, 0.15) is 18.0 Å². The van der Waals surface area contributed by atoms with E-state index in [2.05, 4.69) is 26.8 Å². The van der Waals surface area contributed by atoms with Crippen molar-refractivity contribution in [3.05, 3.63) is 11.6 Å². The smallest absolute Gasteiger partial charge is 0.303 e. The van der Waals surface area contributed by atoms with Crippen molar-refractivity contribution in [3.8, 4) is 0 Å². The van der Waals surface area contributed by atoms with E-state index in [-0.39, 0.29) is 52.6 Å². The molecule has 0 N–H and O–H groups in total. The SMILES string of the molecule is CC(=O)OC1C=C2CC(=O)CC(C)[C@]2(C)[C@@H]2CC[C@]3(C)C(OC(C)=O)CC[C@H]3[C@H]12. The number of ketones is 1. The molecule has 0 amide bonds. The van der Waals surface area contributed by atoms with Crippen LogP contribution in [0, 0.1) is 34.5 Å². The Kier molecular flexibility index (Phi) is 4.94. The van der Waals surface area contributed by atoms with E-state index in [4.69, 9.17) is 9.47 Å². The quantitative estimate of drug-likeness (QED) is 0.510. The molecule has 0 aliphatic heterocycles. The summed E-state index contributed by atoms with van der Waals surface area (Å²) >= 11 is 0. The third kappa shape index (κ3) is 3.07. The van der Waals surface area contributed by atoms with Gasteiger partial charge in [0.2, 0.25) is 0 Å². The van der Waals surface area contributed by atoms with Crippen molar-refractivity contribution in [2.24, 2.45) is 34.5 Å². The van der Waals surface area contributed by atoms with Crippen molar-refractivity contribution in [1.29, 1.82) is 0 Å². The first kappa shape index (κ1) is 20.6. The van der Waals surface area contributed by atoms with Gasteiger partial charge < -0.3 is 9.47 Å². The highest BCUT2D eigenvalue weighted by Gasteiger charge is 2.63. The van der Waals surface area contributed by atoms with E-state index < -0.39 is 0 Å². The summed E-state index contributed by atoms with van der Waals surface area (Å²) < 4.78 is 11.6. The minimum Gasteiger partial charge on any atom is -0.462 e. The predicted octanol–water partition coefficient (Wildman–Crippen LogP) is 4.24. The summed E-state index contributed by atoms with van der Waals surface area (Å²) in [4.78, 5) is 36.0. The van der Waals surface area contributed by atoms with Gasteiger partial charge in [-0.15, -0.1) is 0 Å². The topological polar surface area (TPSA) is 69.7 Å². The molecule has 0 aromatic carbocycles. The minimum absolute atomic E-state index is 0.0317. The maximum absolute atomic E-state index is 12.3. The largest absolute Gasteiger partial charge is 0.462 e. The van der Waals surface area contributed by atoms with Crippen LogP contribution in [0.2, 0.25) is 0 Å². The maximum Gasteiger partial charge on any atom is 0.303 e. The fourth-order valence-corrected chi connectivity index (χ4v) is 7.50. The van der Waals surface area contributed by atoms with Gasteiger partial charge in [-0.25, -0.2) is 0 Å². The van der Waals surface area contributed by atoms with E-state index in [0.717, 1.165) is 25.7 Å². The number of hydrogen-bond acceptors (Lipinski definition) is 5. The van der Waals surface area contributed by atoms with E-state index in [9.17, 15) is 14.4 Å². The minimum atomic E-state index is -0.292. The Balaban J connectivity index is 1.76. The third-order valence-electron chi connectivity index (χ3n) is 9.01. The van der Waals surface area contributed by atoms with Crippen LogP contribution in [-0.4, -0.2) is 29.9 Å². The molecule has 8 atom stereocenters. The molecule has 0 spiro atoms. The van der Waals surface area contributed by atoms with E-state index >= 15 is 0 Å². The fourth-order valence-electron chi connectivity index (χ4n) is 7.50. The summed E-state index contributed by atoms with van der Waals surface area (Å²) in [5.74, 6) is 1.02. The van der Waals surface area contributed by atoms with Crippen molar-refractivity contribution in [1.82, 2.24) is 0 Å². The lowest BCUT2D eigenvalue weighted by Crippen LogP contribution is -2.57. The van der Waals surface area contributed by atoms with Gasteiger partial charge in [-0.05, 0) is 54.9 Å².